The third-order valence-corrected chi connectivity index (χ3v) is 7.22. The number of nitrogens with one attached hydrogen (secondary N) is 1. The van der Waals surface area contributed by atoms with Crippen molar-refractivity contribution in [3.8, 4) is 11.5 Å². The van der Waals surface area contributed by atoms with E-state index >= 15 is 0 Å². The molecule has 6 nitrogen and oxygen atoms in total. The molecule has 2 aromatic carbocycles. The number of benzene rings is 2. The average Bonchev–Trinajstić information content (AvgIpc) is 3.39. The highest BCUT2D eigenvalue weighted by Crippen LogP contribution is 2.44. The van der Waals surface area contributed by atoms with Gasteiger partial charge in [0.1, 0.15) is 0 Å². The van der Waals surface area contributed by atoms with Crippen LogP contribution in [0.2, 0.25) is 0 Å². The molecule has 4 rings (SSSR count). The van der Waals surface area contributed by atoms with Crippen molar-refractivity contribution >= 4 is 23.2 Å². The fourth-order valence-corrected chi connectivity index (χ4v) is 5.60. The van der Waals surface area contributed by atoms with E-state index in [1.807, 2.05) is 64.9 Å². The second-order valence-electron chi connectivity index (χ2n) is 9.11. The lowest BCUT2D eigenvalue weighted by atomic mass is 9.81. The lowest BCUT2D eigenvalue weighted by Crippen LogP contribution is -2.48. The number of thiophene rings is 1. The number of nitrogens with zero attached hydrogens (tertiary/aromatic N) is 1. The number of carbonyl (C=O) groups excluding carboxylic acids is 2. The number of amides is 2. The molecule has 1 aliphatic rings. The lowest BCUT2D eigenvalue weighted by molar-refractivity contribution is -0.124. The third kappa shape index (κ3) is 5.20. The van der Waals surface area contributed by atoms with Crippen LogP contribution in [0.5, 0.6) is 11.5 Å². The summed E-state index contributed by atoms with van der Waals surface area (Å²) in [5.41, 5.74) is 2.44. The maximum Gasteiger partial charge on any atom is 0.254 e. The first-order valence-corrected chi connectivity index (χ1v) is 12.7. The van der Waals surface area contributed by atoms with E-state index in [2.05, 4.69) is 19.2 Å². The molecule has 1 N–H and O–H groups in total. The van der Waals surface area contributed by atoms with Crippen molar-refractivity contribution in [2.24, 2.45) is 5.92 Å². The zero-order valence-electron chi connectivity index (χ0n) is 20.6. The number of rotatable bonds is 9. The Bertz CT molecular complexity index is 1180. The molecule has 0 saturated carbocycles. The number of ether oxygens (including phenoxy) is 2. The largest absolute Gasteiger partial charge is 0.493 e. The van der Waals surface area contributed by atoms with Crippen LogP contribution in [0, 0.1) is 5.92 Å². The van der Waals surface area contributed by atoms with E-state index in [0.29, 0.717) is 36.6 Å². The van der Waals surface area contributed by atoms with Gasteiger partial charge in [-0.3, -0.25) is 9.59 Å². The summed E-state index contributed by atoms with van der Waals surface area (Å²) in [6.45, 7) is 5.25. The number of hydrogen-bond acceptors (Lipinski definition) is 5. The highest BCUT2D eigenvalue weighted by Gasteiger charge is 2.44. The van der Waals surface area contributed by atoms with Gasteiger partial charge in [-0.1, -0.05) is 44.2 Å². The van der Waals surface area contributed by atoms with Gasteiger partial charge in [-0.25, -0.2) is 0 Å². The first-order valence-electron chi connectivity index (χ1n) is 11.9. The summed E-state index contributed by atoms with van der Waals surface area (Å²) >= 11 is 1.59. The quantitative estimate of drug-likeness (QED) is 0.453. The summed E-state index contributed by atoms with van der Waals surface area (Å²) in [5.74, 6) is 1.05. The molecule has 2 atom stereocenters. The second-order valence-corrected chi connectivity index (χ2v) is 10.1. The maximum atomic E-state index is 13.7. The van der Waals surface area contributed by atoms with Gasteiger partial charge >= 0.3 is 0 Å². The Labute approximate surface area is 210 Å². The van der Waals surface area contributed by atoms with Crippen LogP contribution in [0.25, 0.3) is 0 Å². The maximum absolute atomic E-state index is 13.7. The topological polar surface area (TPSA) is 67.9 Å². The van der Waals surface area contributed by atoms with E-state index in [9.17, 15) is 9.59 Å². The van der Waals surface area contributed by atoms with Crippen molar-refractivity contribution in [2.45, 2.75) is 32.2 Å². The van der Waals surface area contributed by atoms with Gasteiger partial charge in [0.15, 0.2) is 11.5 Å². The number of hydrogen-bond donors (Lipinski definition) is 1. The van der Waals surface area contributed by atoms with E-state index in [1.165, 1.54) is 0 Å². The standard InChI is InChI=1S/C28H32N2O4S/c1-18(2)17-30-26(24-10-7-15-35-24)25(20-8-5-6-9-21(20)28(30)32)27(31)29-14-13-19-11-12-22(33-3)23(16-19)34-4/h5-12,15-16,18,25-26H,13-14,17H2,1-4H3,(H,29,31)/t25-,26+/m1/s1. The normalized spacial score (nSPS) is 17.3. The van der Waals surface area contributed by atoms with Gasteiger partial charge in [-0.2, -0.15) is 0 Å². The molecule has 1 aliphatic heterocycles. The summed E-state index contributed by atoms with van der Waals surface area (Å²) in [4.78, 5) is 30.2. The van der Waals surface area contributed by atoms with Crippen LogP contribution in [0.3, 0.4) is 0 Å². The Balaban J connectivity index is 1.60. The van der Waals surface area contributed by atoms with Gasteiger partial charge in [0.2, 0.25) is 5.91 Å². The van der Waals surface area contributed by atoms with Crippen LogP contribution >= 0.6 is 11.3 Å². The summed E-state index contributed by atoms with van der Waals surface area (Å²) in [6.07, 6.45) is 0.652. The Kier molecular flexibility index (Phi) is 7.76. The highest BCUT2D eigenvalue weighted by atomic mass is 32.1. The summed E-state index contributed by atoms with van der Waals surface area (Å²) in [6, 6.07) is 17.0. The molecule has 0 aliphatic carbocycles. The van der Waals surface area contributed by atoms with Crippen LogP contribution in [0.15, 0.2) is 60.0 Å². The summed E-state index contributed by atoms with van der Waals surface area (Å²) in [5, 5.41) is 5.14. The molecule has 7 heteroatoms. The Morgan fingerprint density at radius 1 is 1.06 bits per heavy atom. The van der Waals surface area contributed by atoms with E-state index in [1.54, 1.807) is 25.6 Å². The summed E-state index contributed by atoms with van der Waals surface area (Å²) < 4.78 is 10.7. The van der Waals surface area contributed by atoms with Crippen LogP contribution in [-0.4, -0.2) is 44.0 Å². The number of fused-ring (bicyclic) bond motifs is 1. The molecular weight excluding hydrogens is 460 g/mol. The fraction of sp³-hybridized carbons (Fsp3) is 0.357. The van der Waals surface area contributed by atoms with E-state index in [0.717, 1.165) is 16.0 Å². The molecule has 2 heterocycles. The van der Waals surface area contributed by atoms with Crippen molar-refractivity contribution in [1.29, 1.82) is 0 Å². The molecule has 0 radical (unpaired) electrons. The monoisotopic (exact) mass is 492 g/mol. The molecule has 35 heavy (non-hydrogen) atoms. The summed E-state index contributed by atoms with van der Waals surface area (Å²) in [7, 11) is 3.22. The second kappa shape index (κ2) is 11.0. The van der Waals surface area contributed by atoms with Crippen molar-refractivity contribution in [3.05, 3.63) is 81.5 Å². The Morgan fingerprint density at radius 3 is 2.51 bits per heavy atom. The SMILES string of the molecule is COc1ccc(CCNC(=O)[C@@H]2c3ccccc3C(=O)N(CC(C)C)[C@H]2c2cccs2)cc1OC. The number of methoxy groups -OCH3 is 2. The molecule has 0 fully saturated rings. The molecule has 184 valence electrons. The highest BCUT2D eigenvalue weighted by molar-refractivity contribution is 7.10. The zero-order chi connectivity index (χ0) is 24.9. The molecule has 0 saturated heterocycles. The van der Waals surface area contributed by atoms with Crippen LogP contribution in [0.1, 0.15) is 52.2 Å². The van der Waals surface area contributed by atoms with Gasteiger partial charge in [0.25, 0.3) is 5.91 Å². The van der Waals surface area contributed by atoms with Gasteiger partial charge in [-0.05, 0) is 53.1 Å². The van der Waals surface area contributed by atoms with Crippen molar-refractivity contribution in [1.82, 2.24) is 10.2 Å². The smallest absolute Gasteiger partial charge is 0.254 e. The van der Waals surface area contributed by atoms with Crippen molar-refractivity contribution in [2.75, 3.05) is 27.3 Å². The molecule has 3 aromatic rings. The minimum atomic E-state index is -0.480. The van der Waals surface area contributed by atoms with Crippen LogP contribution in [-0.2, 0) is 11.2 Å². The first-order chi connectivity index (χ1) is 16.9. The van der Waals surface area contributed by atoms with E-state index in [4.69, 9.17) is 9.47 Å². The molecule has 1 aromatic heterocycles. The van der Waals surface area contributed by atoms with Crippen LogP contribution < -0.4 is 14.8 Å². The molecule has 2 amide bonds. The third-order valence-electron chi connectivity index (χ3n) is 6.28. The minimum Gasteiger partial charge on any atom is -0.493 e. The van der Waals surface area contributed by atoms with Crippen molar-refractivity contribution < 1.29 is 19.1 Å². The Morgan fingerprint density at radius 2 is 1.83 bits per heavy atom. The average molecular weight is 493 g/mol. The zero-order valence-corrected chi connectivity index (χ0v) is 21.4. The first kappa shape index (κ1) is 24.8. The lowest BCUT2D eigenvalue weighted by Gasteiger charge is -2.42. The van der Waals surface area contributed by atoms with Crippen LogP contribution in [0.4, 0.5) is 0 Å². The molecule has 0 unspecified atom stereocenters. The van der Waals surface area contributed by atoms with E-state index in [-0.39, 0.29) is 23.8 Å². The van der Waals surface area contributed by atoms with Crippen molar-refractivity contribution in [3.63, 3.8) is 0 Å². The number of carbonyl (C=O) groups is 2. The van der Waals surface area contributed by atoms with Gasteiger partial charge in [-0.15, -0.1) is 11.3 Å². The van der Waals surface area contributed by atoms with Gasteiger partial charge < -0.3 is 19.7 Å². The fourth-order valence-electron chi connectivity index (χ4n) is 4.72. The van der Waals surface area contributed by atoms with Gasteiger partial charge in [0, 0.05) is 23.5 Å². The molecular formula is C28H32N2O4S. The Hall–Kier alpha value is -3.32. The molecule has 0 bridgehead atoms. The van der Waals surface area contributed by atoms with Gasteiger partial charge in [0.05, 0.1) is 26.2 Å². The minimum absolute atomic E-state index is 0.0120. The molecule has 0 spiro atoms. The van der Waals surface area contributed by atoms with E-state index < -0.39 is 5.92 Å². The predicted octanol–water partition coefficient (Wildman–Crippen LogP) is 5.06. The predicted molar refractivity (Wildman–Crippen MR) is 138 cm³/mol.